The third kappa shape index (κ3) is 1.62. The molecule has 18 heavy (non-hydrogen) atoms. The first-order chi connectivity index (χ1) is 8.56. The van der Waals surface area contributed by atoms with Crippen molar-refractivity contribution in [3.63, 3.8) is 0 Å². The van der Waals surface area contributed by atoms with Gasteiger partial charge in [-0.1, -0.05) is 6.42 Å². The Labute approximate surface area is 111 Å². The average molecular weight is 262 g/mol. The molecule has 0 bridgehead atoms. The van der Waals surface area contributed by atoms with Crippen LogP contribution in [0.25, 0.3) is 0 Å². The van der Waals surface area contributed by atoms with Crippen LogP contribution in [0.3, 0.4) is 0 Å². The molecule has 0 aromatic heterocycles. The number of aryl methyl sites for hydroxylation is 1. The molecule has 96 valence electrons. The zero-order valence-corrected chi connectivity index (χ0v) is 11.6. The maximum absolute atomic E-state index is 10.9. The van der Waals surface area contributed by atoms with Crippen LogP contribution < -0.4 is 5.73 Å². The molecule has 0 radical (unpaired) electrons. The van der Waals surface area contributed by atoms with Crippen molar-refractivity contribution in [1.82, 2.24) is 0 Å². The van der Waals surface area contributed by atoms with Crippen LogP contribution in [0.4, 0.5) is 5.69 Å². The summed E-state index contributed by atoms with van der Waals surface area (Å²) in [6.07, 6.45) is 4.90. The molecule has 2 N–H and O–H groups in total. The molecule has 2 aliphatic rings. The minimum absolute atomic E-state index is 0.0580. The lowest BCUT2D eigenvalue weighted by Crippen LogP contribution is -2.40. The van der Waals surface area contributed by atoms with Crippen molar-refractivity contribution in [1.29, 1.82) is 0 Å². The molecule has 1 fully saturated rings. The predicted molar refractivity (Wildman–Crippen MR) is 75.4 cm³/mol. The number of thioether (sulfide) groups is 1. The van der Waals surface area contributed by atoms with E-state index in [4.69, 9.17) is 5.73 Å². The second-order valence-corrected chi connectivity index (χ2v) is 7.13. The number of fused-ring (bicyclic) bond motifs is 1. The van der Waals surface area contributed by atoms with E-state index in [1.807, 2.05) is 25.6 Å². The molecular weight excluding hydrogens is 244 g/mol. The summed E-state index contributed by atoms with van der Waals surface area (Å²) in [6, 6.07) is 2.16. The Morgan fingerprint density at radius 2 is 2.17 bits per heavy atom. The average Bonchev–Trinajstić information content (AvgIpc) is 2.26. The summed E-state index contributed by atoms with van der Waals surface area (Å²) < 4.78 is 0.376. The van der Waals surface area contributed by atoms with Crippen LogP contribution in [0.1, 0.15) is 48.4 Å². The Morgan fingerprint density at radius 1 is 1.44 bits per heavy atom. The molecule has 0 amide bonds. The highest BCUT2D eigenvalue weighted by atomic mass is 32.2. The molecule has 1 aliphatic heterocycles. The number of nitroso groups, excluding NO2 is 1. The van der Waals surface area contributed by atoms with E-state index >= 15 is 0 Å². The van der Waals surface area contributed by atoms with E-state index in [-0.39, 0.29) is 6.04 Å². The molecule has 1 aliphatic carbocycles. The second kappa shape index (κ2) is 4.07. The molecule has 1 unspecified atom stereocenters. The summed E-state index contributed by atoms with van der Waals surface area (Å²) in [5.74, 6) is 0. The summed E-state index contributed by atoms with van der Waals surface area (Å²) >= 11 is 1.97. The fourth-order valence-electron chi connectivity index (χ4n) is 3.29. The van der Waals surface area contributed by atoms with Crippen molar-refractivity contribution in [2.45, 2.75) is 55.2 Å². The van der Waals surface area contributed by atoms with Crippen LogP contribution in [0.15, 0.2) is 16.1 Å². The van der Waals surface area contributed by atoms with E-state index < -0.39 is 0 Å². The van der Waals surface area contributed by atoms with Crippen molar-refractivity contribution < 1.29 is 0 Å². The van der Waals surface area contributed by atoms with Gasteiger partial charge >= 0.3 is 0 Å². The molecule has 1 atom stereocenters. The van der Waals surface area contributed by atoms with Crippen molar-refractivity contribution in [2.24, 2.45) is 10.9 Å². The lowest BCUT2D eigenvalue weighted by atomic mass is 9.77. The van der Waals surface area contributed by atoms with Crippen LogP contribution in [0.5, 0.6) is 0 Å². The summed E-state index contributed by atoms with van der Waals surface area (Å²) in [4.78, 5) is 12.2. The fraction of sp³-hybridized carbons (Fsp3) is 0.571. The number of nitrogens with two attached hydrogens (primary N) is 1. The minimum Gasteiger partial charge on any atom is -0.324 e. The number of benzene rings is 1. The lowest BCUT2D eigenvalue weighted by molar-refractivity contribution is 0.313. The van der Waals surface area contributed by atoms with Gasteiger partial charge in [0.1, 0.15) is 5.69 Å². The first kappa shape index (κ1) is 12.2. The summed E-state index contributed by atoms with van der Waals surface area (Å²) in [7, 11) is 0. The van der Waals surface area contributed by atoms with Crippen LogP contribution >= 0.6 is 11.8 Å². The van der Waals surface area contributed by atoms with Gasteiger partial charge in [-0.05, 0) is 61.0 Å². The van der Waals surface area contributed by atoms with E-state index in [1.165, 1.54) is 24.2 Å². The predicted octanol–water partition coefficient (Wildman–Crippen LogP) is 4.12. The molecule has 0 saturated heterocycles. The Morgan fingerprint density at radius 3 is 2.72 bits per heavy atom. The van der Waals surface area contributed by atoms with Crippen molar-refractivity contribution in [2.75, 3.05) is 0 Å². The Kier molecular flexibility index (Phi) is 2.75. The molecule has 3 nitrogen and oxygen atoms in total. The van der Waals surface area contributed by atoms with Crippen LogP contribution in [-0.4, -0.2) is 4.75 Å². The summed E-state index contributed by atoms with van der Waals surface area (Å²) in [5, 5.41) is 3.17. The SMILES string of the molecule is Cc1cc2c(c(C)c1N=O)C(N)CC1(CCC1)S2. The third-order valence-corrected chi connectivity index (χ3v) is 5.96. The molecule has 3 rings (SSSR count). The number of nitrogens with zero attached hydrogens (tertiary/aromatic N) is 1. The maximum atomic E-state index is 10.9. The Bertz CT molecular complexity index is 523. The summed E-state index contributed by atoms with van der Waals surface area (Å²) in [6.45, 7) is 3.93. The molecule has 4 heteroatoms. The standard InChI is InChI=1S/C14H18N2OS/c1-8-6-11-12(9(2)13(8)16-17)10(15)7-14(18-11)4-3-5-14/h6,10H,3-5,7,15H2,1-2H3. The van der Waals surface area contributed by atoms with Gasteiger partial charge in [-0.2, -0.15) is 0 Å². The molecular formula is C14H18N2OS. The first-order valence-electron chi connectivity index (χ1n) is 6.48. The molecule has 1 aromatic rings. The number of rotatable bonds is 1. The van der Waals surface area contributed by atoms with Crippen molar-refractivity contribution in [3.05, 3.63) is 27.7 Å². The fourth-order valence-corrected chi connectivity index (χ4v) is 5.16. The van der Waals surface area contributed by atoms with E-state index in [0.29, 0.717) is 10.4 Å². The van der Waals surface area contributed by atoms with E-state index in [9.17, 15) is 4.91 Å². The van der Waals surface area contributed by atoms with Gasteiger partial charge in [0.05, 0.1) is 0 Å². The molecule has 1 aromatic carbocycles. The minimum atomic E-state index is 0.0580. The van der Waals surface area contributed by atoms with Gasteiger partial charge in [0.25, 0.3) is 0 Å². The number of hydrogen-bond donors (Lipinski definition) is 1. The smallest absolute Gasteiger partial charge is 0.114 e. The summed E-state index contributed by atoms with van der Waals surface area (Å²) in [5.41, 5.74) is 10.0. The Hall–Kier alpha value is -0.870. The van der Waals surface area contributed by atoms with Gasteiger partial charge in [-0.15, -0.1) is 16.7 Å². The maximum Gasteiger partial charge on any atom is 0.114 e. The van der Waals surface area contributed by atoms with Gasteiger partial charge in [0.2, 0.25) is 0 Å². The second-order valence-electron chi connectivity index (χ2n) is 5.62. The van der Waals surface area contributed by atoms with E-state index in [1.54, 1.807) is 0 Å². The lowest BCUT2D eigenvalue weighted by Gasteiger charge is -2.47. The van der Waals surface area contributed by atoms with Crippen LogP contribution in [0.2, 0.25) is 0 Å². The topological polar surface area (TPSA) is 55.5 Å². The third-order valence-electron chi connectivity index (χ3n) is 4.39. The highest BCUT2D eigenvalue weighted by molar-refractivity contribution is 8.00. The Balaban J connectivity index is 2.13. The van der Waals surface area contributed by atoms with E-state index in [2.05, 4.69) is 11.2 Å². The van der Waals surface area contributed by atoms with E-state index in [0.717, 1.165) is 23.1 Å². The highest BCUT2D eigenvalue weighted by Crippen LogP contribution is 2.58. The van der Waals surface area contributed by atoms with Crippen LogP contribution in [0, 0.1) is 18.8 Å². The first-order valence-corrected chi connectivity index (χ1v) is 7.30. The van der Waals surface area contributed by atoms with Gasteiger partial charge in [-0.3, -0.25) is 0 Å². The van der Waals surface area contributed by atoms with Crippen LogP contribution in [-0.2, 0) is 0 Å². The zero-order chi connectivity index (χ0) is 12.9. The van der Waals surface area contributed by atoms with Crippen molar-refractivity contribution in [3.8, 4) is 0 Å². The highest BCUT2D eigenvalue weighted by Gasteiger charge is 2.44. The van der Waals surface area contributed by atoms with Gasteiger partial charge in [-0.25, -0.2) is 0 Å². The van der Waals surface area contributed by atoms with Gasteiger partial charge < -0.3 is 5.73 Å². The zero-order valence-electron chi connectivity index (χ0n) is 10.8. The van der Waals surface area contributed by atoms with Gasteiger partial charge in [0.15, 0.2) is 0 Å². The largest absolute Gasteiger partial charge is 0.324 e. The quantitative estimate of drug-likeness (QED) is 0.774. The number of hydrogen-bond acceptors (Lipinski definition) is 4. The molecule has 1 saturated carbocycles. The normalized spacial score (nSPS) is 24.5. The molecule has 1 heterocycles. The van der Waals surface area contributed by atoms with Crippen molar-refractivity contribution >= 4 is 17.4 Å². The molecule has 1 spiro atoms. The monoisotopic (exact) mass is 262 g/mol. The van der Waals surface area contributed by atoms with Gasteiger partial charge in [0, 0.05) is 15.7 Å².